The monoisotopic (exact) mass is 563 g/mol. The lowest BCUT2D eigenvalue weighted by Gasteiger charge is -2.09. The van der Waals surface area contributed by atoms with Gasteiger partial charge in [-0.25, -0.2) is 0 Å². The molecule has 0 aliphatic heterocycles. The van der Waals surface area contributed by atoms with Crippen molar-refractivity contribution in [3.05, 3.63) is 138 Å². The predicted octanol–water partition coefficient (Wildman–Crippen LogP) is 10.8. The molecule has 0 unspecified atom stereocenters. The van der Waals surface area contributed by atoms with Gasteiger partial charge in [-0.15, -0.1) is 0 Å². The quantitative estimate of drug-likeness (QED) is 0.209. The summed E-state index contributed by atoms with van der Waals surface area (Å²) in [6.07, 6.45) is 0. The van der Waals surface area contributed by atoms with Crippen LogP contribution in [0.25, 0.3) is 71.7 Å². The van der Waals surface area contributed by atoms with E-state index in [0.717, 1.165) is 32.1 Å². The van der Waals surface area contributed by atoms with Gasteiger partial charge in [0.05, 0.1) is 11.0 Å². The topological polar surface area (TPSA) is 18.1 Å². The molecule has 184 valence electrons. The minimum absolute atomic E-state index is 0.904. The maximum atomic E-state index is 6.23. The first kappa shape index (κ1) is 22.4. The smallest absolute Gasteiger partial charge is 0.137 e. The molecule has 8 rings (SSSR count). The first-order valence-electron chi connectivity index (χ1n) is 13.0. The summed E-state index contributed by atoms with van der Waals surface area (Å²) < 4.78 is 9.66. The molecule has 0 bridgehead atoms. The minimum atomic E-state index is 0.904. The van der Waals surface area contributed by atoms with Crippen LogP contribution in [0.4, 0.5) is 0 Å². The summed E-state index contributed by atoms with van der Waals surface area (Å²) in [7, 11) is 0. The van der Waals surface area contributed by atoms with Crippen LogP contribution in [0.5, 0.6) is 0 Å². The SMILES string of the molecule is Brc1ccc(-c2cccc(-c3ccc4c(c3)c3ccccc3n4-c3ccc4c(c3)oc3ccccc34)c2)cc1. The molecule has 0 aliphatic carbocycles. The zero-order valence-electron chi connectivity index (χ0n) is 20.9. The number of halogens is 1. The molecule has 2 aromatic heterocycles. The van der Waals surface area contributed by atoms with Crippen LogP contribution in [0, 0.1) is 0 Å². The molecule has 3 heteroatoms. The molecule has 0 aliphatic rings. The number of fused-ring (bicyclic) bond motifs is 6. The average molecular weight is 564 g/mol. The number of rotatable bonds is 3. The van der Waals surface area contributed by atoms with E-state index < -0.39 is 0 Å². The molecule has 0 amide bonds. The lowest BCUT2D eigenvalue weighted by atomic mass is 9.98. The third-order valence-electron chi connectivity index (χ3n) is 7.67. The number of para-hydroxylation sites is 2. The second-order valence-corrected chi connectivity index (χ2v) is 10.9. The number of benzene rings is 6. The Balaban J connectivity index is 1.30. The van der Waals surface area contributed by atoms with Gasteiger partial charge in [-0.05, 0) is 76.9 Å². The van der Waals surface area contributed by atoms with Crippen molar-refractivity contribution in [1.82, 2.24) is 4.57 Å². The van der Waals surface area contributed by atoms with Gasteiger partial charge >= 0.3 is 0 Å². The molecule has 39 heavy (non-hydrogen) atoms. The Morgan fingerprint density at radius 3 is 1.97 bits per heavy atom. The third-order valence-corrected chi connectivity index (χ3v) is 8.20. The highest BCUT2D eigenvalue weighted by molar-refractivity contribution is 9.10. The fourth-order valence-corrected chi connectivity index (χ4v) is 6.07. The molecule has 2 heterocycles. The van der Waals surface area contributed by atoms with Crippen LogP contribution in [0.1, 0.15) is 0 Å². The molecule has 0 saturated carbocycles. The van der Waals surface area contributed by atoms with E-state index in [1.165, 1.54) is 44.1 Å². The van der Waals surface area contributed by atoms with Crippen LogP contribution in [-0.2, 0) is 0 Å². The van der Waals surface area contributed by atoms with Gasteiger partial charge in [-0.3, -0.25) is 0 Å². The molecular weight excluding hydrogens is 542 g/mol. The van der Waals surface area contributed by atoms with Crippen molar-refractivity contribution >= 4 is 59.7 Å². The zero-order chi connectivity index (χ0) is 25.9. The van der Waals surface area contributed by atoms with E-state index in [2.05, 4.69) is 142 Å². The lowest BCUT2D eigenvalue weighted by Crippen LogP contribution is -1.93. The van der Waals surface area contributed by atoms with Crippen molar-refractivity contribution in [2.45, 2.75) is 0 Å². The number of nitrogens with zero attached hydrogens (tertiary/aromatic N) is 1. The van der Waals surface area contributed by atoms with Crippen molar-refractivity contribution in [3.63, 3.8) is 0 Å². The highest BCUT2D eigenvalue weighted by atomic mass is 79.9. The Hall–Kier alpha value is -4.60. The molecule has 0 saturated heterocycles. The largest absolute Gasteiger partial charge is 0.456 e. The highest BCUT2D eigenvalue weighted by Crippen LogP contribution is 2.37. The summed E-state index contributed by atoms with van der Waals surface area (Å²) in [6.45, 7) is 0. The second kappa shape index (κ2) is 8.72. The van der Waals surface area contributed by atoms with Crippen LogP contribution >= 0.6 is 15.9 Å². The van der Waals surface area contributed by atoms with Gasteiger partial charge in [0.15, 0.2) is 0 Å². The summed E-state index contributed by atoms with van der Waals surface area (Å²) in [6, 6.07) is 47.5. The summed E-state index contributed by atoms with van der Waals surface area (Å²) in [4.78, 5) is 0. The number of aromatic nitrogens is 1. The van der Waals surface area contributed by atoms with Crippen LogP contribution in [-0.4, -0.2) is 4.57 Å². The van der Waals surface area contributed by atoms with Gasteiger partial charge in [-0.1, -0.05) is 88.7 Å². The van der Waals surface area contributed by atoms with Crippen molar-refractivity contribution in [1.29, 1.82) is 0 Å². The van der Waals surface area contributed by atoms with Crippen LogP contribution in [0.3, 0.4) is 0 Å². The molecule has 0 fully saturated rings. The highest BCUT2D eigenvalue weighted by Gasteiger charge is 2.15. The van der Waals surface area contributed by atoms with Crippen LogP contribution < -0.4 is 0 Å². The Morgan fingerprint density at radius 1 is 0.436 bits per heavy atom. The summed E-state index contributed by atoms with van der Waals surface area (Å²) in [5.41, 5.74) is 10.1. The molecule has 2 nitrogen and oxygen atoms in total. The molecule has 6 aromatic carbocycles. The maximum Gasteiger partial charge on any atom is 0.137 e. The third kappa shape index (κ3) is 3.62. The van der Waals surface area contributed by atoms with Gasteiger partial charge < -0.3 is 8.98 Å². The molecule has 0 atom stereocenters. The van der Waals surface area contributed by atoms with Crippen molar-refractivity contribution < 1.29 is 4.42 Å². The molecule has 0 N–H and O–H groups in total. The van der Waals surface area contributed by atoms with Crippen molar-refractivity contribution in [2.24, 2.45) is 0 Å². The number of furan rings is 1. The summed E-state index contributed by atoms with van der Waals surface area (Å²) in [5, 5.41) is 4.77. The van der Waals surface area contributed by atoms with E-state index in [-0.39, 0.29) is 0 Å². The normalized spacial score (nSPS) is 11.7. The second-order valence-electron chi connectivity index (χ2n) is 9.95. The molecule has 0 spiro atoms. The number of hydrogen-bond donors (Lipinski definition) is 0. The Labute approximate surface area is 233 Å². The van der Waals surface area contributed by atoms with Gasteiger partial charge in [0, 0.05) is 37.8 Å². The average Bonchev–Trinajstić information content (AvgIpc) is 3.52. The zero-order valence-corrected chi connectivity index (χ0v) is 22.5. The van der Waals surface area contributed by atoms with Gasteiger partial charge in [0.25, 0.3) is 0 Å². The van der Waals surface area contributed by atoms with Crippen molar-refractivity contribution in [3.8, 4) is 27.9 Å². The van der Waals surface area contributed by atoms with Crippen LogP contribution in [0.2, 0.25) is 0 Å². The lowest BCUT2D eigenvalue weighted by molar-refractivity contribution is 0.668. The summed E-state index contributed by atoms with van der Waals surface area (Å²) >= 11 is 3.54. The van der Waals surface area contributed by atoms with E-state index in [4.69, 9.17) is 4.42 Å². The molecular formula is C36H22BrNO. The van der Waals surface area contributed by atoms with E-state index in [0.29, 0.717) is 0 Å². The van der Waals surface area contributed by atoms with Gasteiger partial charge in [0.1, 0.15) is 11.2 Å². The maximum absolute atomic E-state index is 6.23. The molecule has 0 radical (unpaired) electrons. The fourth-order valence-electron chi connectivity index (χ4n) is 5.80. The van der Waals surface area contributed by atoms with Crippen molar-refractivity contribution in [2.75, 3.05) is 0 Å². The Bertz CT molecular complexity index is 2180. The Kier molecular flexibility index (Phi) is 5.01. The predicted molar refractivity (Wildman–Crippen MR) is 167 cm³/mol. The minimum Gasteiger partial charge on any atom is -0.456 e. The van der Waals surface area contributed by atoms with E-state index in [1.807, 2.05) is 12.1 Å². The van der Waals surface area contributed by atoms with Gasteiger partial charge in [0.2, 0.25) is 0 Å². The van der Waals surface area contributed by atoms with Crippen LogP contribution in [0.15, 0.2) is 142 Å². The Morgan fingerprint density at radius 2 is 1.10 bits per heavy atom. The van der Waals surface area contributed by atoms with E-state index in [1.54, 1.807) is 0 Å². The first-order chi connectivity index (χ1) is 19.2. The fraction of sp³-hybridized carbons (Fsp3) is 0. The summed E-state index contributed by atoms with van der Waals surface area (Å²) in [5.74, 6) is 0. The standard InChI is InChI=1S/C36H22BrNO/c37-27-15-12-23(13-16-27)24-6-5-7-25(20-24)26-14-19-34-32(21-26)29-8-1-3-10-33(29)38(34)28-17-18-31-30-9-2-4-11-35(30)39-36(31)22-28/h1-22H. The number of hydrogen-bond acceptors (Lipinski definition) is 1. The molecule has 8 aromatic rings. The van der Waals surface area contributed by atoms with Gasteiger partial charge in [-0.2, -0.15) is 0 Å². The van der Waals surface area contributed by atoms with E-state index >= 15 is 0 Å². The van der Waals surface area contributed by atoms with E-state index in [9.17, 15) is 0 Å². The first-order valence-corrected chi connectivity index (χ1v) is 13.8.